The molecule has 0 atom stereocenters. The van der Waals surface area contributed by atoms with Gasteiger partial charge in [0.05, 0.1) is 0 Å². The lowest BCUT2D eigenvalue weighted by atomic mass is 10.1. The Morgan fingerprint density at radius 1 is 0.947 bits per heavy atom. The van der Waals surface area contributed by atoms with E-state index in [1.807, 2.05) is 18.2 Å². The second kappa shape index (κ2) is 6.83. The van der Waals surface area contributed by atoms with Crippen molar-refractivity contribution in [2.24, 2.45) is 0 Å². The maximum Gasteiger partial charge on any atom is 0.115 e. The van der Waals surface area contributed by atoms with Gasteiger partial charge in [-0.3, -0.25) is 0 Å². The van der Waals surface area contributed by atoms with Crippen molar-refractivity contribution >= 4 is 5.69 Å². The predicted molar refractivity (Wildman–Crippen MR) is 80.5 cm³/mol. The van der Waals surface area contributed by atoms with E-state index in [0.717, 1.165) is 13.1 Å². The summed E-state index contributed by atoms with van der Waals surface area (Å²) in [7, 11) is 0. The molecule has 0 amide bonds. The van der Waals surface area contributed by atoms with Gasteiger partial charge in [-0.2, -0.15) is 0 Å². The van der Waals surface area contributed by atoms with Crippen LogP contribution in [0.1, 0.15) is 25.3 Å². The van der Waals surface area contributed by atoms with Crippen molar-refractivity contribution in [1.82, 2.24) is 0 Å². The lowest BCUT2D eigenvalue weighted by molar-refractivity contribution is 0.475. The van der Waals surface area contributed by atoms with E-state index in [1.54, 1.807) is 12.1 Å². The van der Waals surface area contributed by atoms with Gasteiger partial charge in [0.25, 0.3) is 0 Å². The van der Waals surface area contributed by atoms with Crippen molar-refractivity contribution in [3.05, 3.63) is 60.2 Å². The summed E-state index contributed by atoms with van der Waals surface area (Å²) in [5, 5.41) is 9.34. The van der Waals surface area contributed by atoms with E-state index in [-0.39, 0.29) is 0 Å². The molecule has 0 saturated heterocycles. The molecule has 0 spiro atoms. The lowest BCUT2D eigenvalue weighted by Crippen LogP contribution is -2.23. The number of phenols is 1. The molecule has 0 aliphatic heterocycles. The van der Waals surface area contributed by atoms with E-state index in [0.29, 0.717) is 5.75 Å². The van der Waals surface area contributed by atoms with Crippen LogP contribution in [0.5, 0.6) is 5.75 Å². The highest BCUT2D eigenvalue weighted by atomic mass is 16.3. The van der Waals surface area contributed by atoms with Gasteiger partial charge in [0.2, 0.25) is 0 Å². The zero-order valence-corrected chi connectivity index (χ0v) is 11.4. The number of aromatic hydroxyl groups is 1. The molecular formula is C17H21NO. The van der Waals surface area contributed by atoms with Crippen molar-refractivity contribution in [2.75, 3.05) is 11.4 Å². The van der Waals surface area contributed by atoms with Crippen LogP contribution in [0.2, 0.25) is 0 Å². The molecule has 0 aromatic heterocycles. The molecule has 0 bridgehead atoms. The van der Waals surface area contributed by atoms with Crippen LogP contribution in [0.3, 0.4) is 0 Å². The third kappa shape index (κ3) is 4.02. The van der Waals surface area contributed by atoms with Gasteiger partial charge in [-0.25, -0.2) is 0 Å². The Morgan fingerprint density at radius 2 is 1.63 bits per heavy atom. The minimum atomic E-state index is 0.323. The standard InChI is InChI=1S/C17H21NO/c1-2-3-13-18(16-7-5-4-6-8-16)14-15-9-11-17(19)12-10-15/h4-12,19H,2-3,13-14H2,1H3. The number of para-hydroxylation sites is 1. The summed E-state index contributed by atoms with van der Waals surface area (Å²) in [4.78, 5) is 2.38. The molecule has 2 nitrogen and oxygen atoms in total. The molecule has 0 aliphatic carbocycles. The first-order chi connectivity index (χ1) is 9.29. The van der Waals surface area contributed by atoms with Gasteiger partial charge >= 0.3 is 0 Å². The maximum atomic E-state index is 9.34. The number of unbranched alkanes of at least 4 members (excludes halogenated alkanes) is 1. The van der Waals surface area contributed by atoms with E-state index in [4.69, 9.17) is 0 Å². The van der Waals surface area contributed by atoms with Crippen LogP contribution in [0.4, 0.5) is 5.69 Å². The van der Waals surface area contributed by atoms with Crippen LogP contribution in [0.15, 0.2) is 54.6 Å². The van der Waals surface area contributed by atoms with E-state index < -0.39 is 0 Å². The third-order valence-corrected chi connectivity index (χ3v) is 3.21. The van der Waals surface area contributed by atoms with Crippen molar-refractivity contribution in [1.29, 1.82) is 0 Å². The summed E-state index contributed by atoms with van der Waals surface area (Å²) in [6.07, 6.45) is 2.38. The highest BCUT2D eigenvalue weighted by Gasteiger charge is 2.06. The van der Waals surface area contributed by atoms with Crippen molar-refractivity contribution in [3.63, 3.8) is 0 Å². The van der Waals surface area contributed by atoms with Crippen LogP contribution in [0, 0.1) is 0 Å². The highest BCUT2D eigenvalue weighted by Crippen LogP contribution is 2.18. The molecule has 0 aliphatic rings. The summed E-state index contributed by atoms with van der Waals surface area (Å²) in [5.41, 5.74) is 2.47. The van der Waals surface area contributed by atoms with Crippen LogP contribution in [-0.4, -0.2) is 11.7 Å². The highest BCUT2D eigenvalue weighted by molar-refractivity contribution is 5.46. The quantitative estimate of drug-likeness (QED) is 0.836. The van der Waals surface area contributed by atoms with Gasteiger partial charge < -0.3 is 10.0 Å². The molecule has 0 unspecified atom stereocenters. The van der Waals surface area contributed by atoms with E-state index in [2.05, 4.69) is 36.1 Å². The number of anilines is 1. The molecule has 2 rings (SSSR count). The summed E-state index contributed by atoms with van der Waals surface area (Å²) < 4.78 is 0. The Balaban J connectivity index is 2.11. The van der Waals surface area contributed by atoms with E-state index in [9.17, 15) is 5.11 Å². The smallest absolute Gasteiger partial charge is 0.115 e. The predicted octanol–water partition coefficient (Wildman–Crippen LogP) is 4.20. The maximum absolute atomic E-state index is 9.34. The molecule has 1 N–H and O–H groups in total. The topological polar surface area (TPSA) is 23.5 Å². The number of phenolic OH excluding ortho intramolecular Hbond substituents is 1. The van der Waals surface area contributed by atoms with Gasteiger partial charge in [0.15, 0.2) is 0 Å². The SMILES string of the molecule is CCCCN(Cc1ccc(O)cc1)c1ccccc1. The molecule has 0 saturated carbocycles. The second-order valence-corrected chi connectivity index (χ2v) is 4.78. The Morgan fingerprint density at radius 3 is 2.26 bits per heavy atom. The number of nitrogens with zero attached hydrogens (tertiary/aromatic N) is 1. The molecule has 19 heavy (non-hydrogen) atoms. The molecule has 2 aromatic carbocycles. The fraction of sp³-hybridized carbons (Fsp3) is 0.294. The first-order valence-corrected chi connectivity index (χ1v) is 6.87. The van der Waals surface area contributed by atoms with E-state index in [1.165, 1.54) is 24.1 Å². The number of benzene rings is 2. The minimum absolute atomic E-state index is 0.323. The summed E-state index contributed by atoms with van der Waals surface area (Å²) in [6, 6.07) is 18.0. The van der Waals surface area contributed by atoms with Crippen molar-refractivity contribution in [2.45, 2.75) is 26.3 Å². The lowest BCUT2D eigenvalue weighted by Gasteiger charge is -2.25. The molecule has 2 heteroatoms. The fourth-order valence-electron chi connectivity index (χ4n) is 2.11. The normalized spacial score (nSPS) is 10.4. The van der Waals surface area contributed by atoms with Gasteiger partial charge in [-0.05, 0) is 36.2 Å². The van der Waals surface area contributed by atoms with Gasteiger partial charge in [-0.15, -0.1) is 0 Å². The molecule has 2 aromatic rings. The van der Waals surface area contributed by atoms with Gasteiger partial charge in [0.1, 0.15) is 5.75 Å². The average Bonchev–Trinajstić information content (AvgIpc) is 2.46. The Kier molecular flexibility index (Phi) is 4.85. The monoisotopic (exact) mass is 255 g/mol. The zero-order chi connectivity index (χ0) is 13.5. The van der Waals surface area contributed by atoms with Gasteiger partial charge in [-0.1, -0.05) is 43.7 Å². The van der Waals surface area contributed by atoms with Gasteiger partial charge in [0, 0.05) is 18.8 Å². The summed E-state index contributed by atoms with van der Waals surface area (Å²) >= 11 is 0. The zero-order valence-electron chi connectivity index (χ0n) is 11.4. The molecule has 0 heterocycles. The number of hydrogen-bond donors (Lipinski definition) is 1. The number of rotatable bonds is 6. The molecule has 0 fully saturated rings. The van der Waals surface area contributed by atoms with Crippen molar-refractivity contribution < 1.29 is 5.11 Å². The van der Waals surface area contributed by atoms with E-state index >= 15 is 0 Å². The molecular weight excluding hydrogens is 234 g/mol. The Bertz CT molecular complexity index is 478. The molecule has 100 valence electrons. The minimum Gasteiger partial charge on any atom is -0.508 e. The summed E-state index contributed by atoms with van der Waals surface area (Å²) in [5.74, 6) is 0.323. The van der Waals surface area contributed by atoms with Crippen molar-refractivity contribution in [3.8, 4) is 5.75 Å². The van der Waals surface area contributed by atoms with Crippen LogP contribution >= 0.6 is 0 Å². The van der Waals surface area contributed by atoms with Crippen LogP contribution < -0.4 is 4.90 Å². The average molecular weight is 255 g/mol. The Labute approximate surface area is 115 Å². The summed E-state index contributed by atoms with van der Waals surface area (Å²) in [6.45, 7) is 4.15. The van der Waals surface area contributed by atoms with Crippen LogP contribution in [0.25, 0.3) is 0 Å². The first-order valence-electron chi connectivity index (χ1n) is 6.87. The second-order valence-electron chi connectivity index (χ2n) is 4.78. The fourth-order valence-corrected chi connectivity index (χ4v) is 2.11. The first kappa shape index (κ1) is 13.5. The largest absolute Gasteiger partial charge is 0.508 e. The third-order valence-electron chi connectivity index (χ3n) is 3.21. The molecule has 0 radical (unpaired) electrons. The van der Waals surface area contributed by atoms with Crippen LogP contribution in [-0.2, 0) is 6.54 Å². The Hall–Kier alpha value is -1.96. The number of hydrogen-bond acceptors (Lipinski definition) is 2.